The first kappa shape index (κ1) is 17.3. The van der Waals surface area contributed by atoms with Gasteiger partial charge in [-0.3, -0.25) is 4.68 Å². The Hall–Kier alpha value is -3.07. The molecule has 27 heavy (non-hydrogen) atoms. The molecule has 0 saturated heterocycles. The average molecular weight is 382 g/mol. The van der Waals surface area contributed by atoms with Gasteiger partial charge >= 0.3 is 0 Å². The van der Waals surface area contributed by atoms with Crippen LogP contribution < -0.4 is 0 Å². The SMILES string of the molecule is Cc1cc(Cc2cnn(Cc3ccc(S(C)(=O)=O)cc3)c2)c2n[nH]nc2n1. The summed E-state index contributed by atoms with van der Waals surface area (Å²) in [6.07, 6.45) is 5.69. The van der Waals surface area contributed by atoms with Crippen molar-refractivity contribution in [1.82, 2.24) is 30.2 Å². The van der Waals surface area contributed by atoms with E-state index in [0.29, 0.717) is 23.5 Å². The molecule has 0 radical (unpaired) electrons. The zero-order chi connectivity index (χ0) is 19.0. The molecule has 0 amide bonds. The van der Waals surface area contributed by atoms with Crippen molar-refractivity contribution < 1.29 is 8.42 Å². The van der Waals surface area contributed by atoms with E-state index in [1.807, 2.05) is 42.2 Å². The Bertz CT molecular complexity index is 1210. The zero-order valence-electron chi connectivity index (χ0n) is 14.9. The zero-order valence-corrected chi connectivity index (χ0v) is 15.7. The molecule has 3 aromatic heterocycles. The Morgan fingerprint density at radius 1 is 1.11 bits per heavy atom. The number of aromatic amines is 1. The molecular formula is C18H18N6O2S. The highest BCUT2D eigenvalue weighted by Gasteiger charge is 2.10. The van der Waals surface area contributed by atoms with Crippen LogP contribution in [-0.4, -0.2) is 44.8 Å². The molecule has 1 aromatic carbocycles. The van der Waals surface area contributed by atoms with Crippen molar-refractivity contribution in [2.45, 2.75) is 24.8 Å². The highest BCUT2D eigenvalue weighted by atomic mass is 32.2. The van der Waals surface area contributed by atoms with Gasteiger partial charge in [-0.05, 0) is 41.8 Å². The van der Waals surface area contributed by atoms with Crippen molar-refractivity contribution in [1.29, 1.82) is 0 Å². The van der Waals surface area contributed by atoms with Gasteiger partial charge in [0.15, 0.2) is 9.84 Å². The molecule has 0 saturated carbocycles. The molecule has 0 bridgehead atoms. The maximum Gasteiger partial charge on any atom is 0.202 e. The number of pyridine rings is 1. The number of nitrogens with zero attached hydrogens (tertiary/aromatic N) is 5. The summed E-state index contributed by atoms with van der Waals surface area (Å²) in [7, 11) is -3.18. The van der Waals surface area contributed by atoms with Crippen molar-refractivity contribution in [2.24, 2.45) is 0 Å². The Morgan fingerprint density at radius 2 is 1.89 bits per heavy atom. The number of sulfone groups is 1. The first-order valence-corrected chi connectivity index (χ1v) is 10.2. The average Bonchev–Trinajstić information content (AvgIpc) is 3.24. The fraction of sp³-hybridized carbons (Fsp3) is 0.222. The van der Waals surface area contributed by atoms with Crippen LogP contribution in [0, 0.1) is 6.92 Å². The topological polar surface area (TPSA) is 106 Å². The minimum Gasteiger partial charge on any atom is -0.268 e. The van der Waals surface area contributed by atoms with Crippen LogP contribution in [0.1, 0.15) is 22.4 Å². The third-order valence-electron chi connectivity index (χ3n) is 4.28. The predicted octanol–water partition coefficient (Wildman–Crippen LogP) is 1.90. The summed E-state index contributed by atoms with van der Waals surface area (Å²) in [4.78, 5) is 4.67. The van der Waals surface area contributed by atoms with Gasteiger partial charge in [0.1, 0.15) is 5.52 Å². The van der Waals surface area contributed by atoms with E-state index in [0.717, 1.165) is 27.9 Å². The van der Waals surface area contributed by atoms with Crippen molar-refractivity contribution in [3.05, 3.63) is 65.1 Å². The van der Waals surface area contributed by atoms with Crippen LogP contribution in [-0.2, 0) is 22.8 Å². The van der Waals surface area contributed by atoms with E-state index in [9.17, 15) is 8.42 Å². The second kappa shape index (κ2) is 6.58. The number of hydrogen-bond donors (Lipinski definition) is 1. The molecule has 0 aliphatic carbocycles. The van der Waals surface area contributed by atoms with Crippen LogP contribution in [0.4, 0.5) is 0 Å². The Labute approximate surface area is 156 Å². The maximum absolute atomic E-state index is 11.5. The molecule has 0 unspecified atom stereocenters. The molecule has 0 fully saturated rings. The lowest BCUT2D eigenvalue weighted by Gasteiger charge is -2.04. The standard InChI is InChI=1S/C18H18N6O2S/c1-12-7-15(17-18(20-12)22-23-21-17)8-14-9-19-24(11-14)10-13-3-5-16(6-4-13)27(2,25)26/h3-7,9,11H,8,10H2,1-2H3,(H,20,21,22,23). The highest BCUT2D eigenvalue weighted by Crippen LogP contribution is 2.18. The smallest absolute Gasteiger partial charge is 0.202 e. The largest absolute Gasteiger partial charge is 0.268 e. The summed E-state index contributed by atoms with van der Waals surface area (Å²) in [5.74, 6) is 0. The molecule has 0 atom stereocenters. The third kappa shape index (κ3) is 3.72. The van der Waals surface area contributed by atoms with Gasteiger partial charge in [0.2, 0.25) is 5.65 Å². The molecule has 4 rings (SSSR count). The van der Waals surface area contributed by atoms with Crippen LogP contribution >= 0.6 is 0 Å². The Kier molecular flexibility index (Phi) is 4.23. The molecule has 0 spiro atoms. The van der Waals surface area contributed by atoms with E-state index in [1.165, 1.54) is 6.26 Å². The maximum atomic E-state index is 11.5. The molecule has 0 aliphatic rings. The molecule has 1 N–H and O–H groups in total. The van der Waals surface area contributed by atoms with Crippen LogP contribution in [0.15, 0.2) is 47.6 Å². The number of aromatic nitrogens is 6. The molecule has 9 heteroatoms. The van der Waals surface area contributed by atoms with E-state index in [1.54, 1.807) is 12.1 Å². The quantitative estimate of drug-likeness (QED) is 0.565. The van der Waals surface area contributed by atoms with Gasteiger partial charge in [0.05, 0.1) is 17.6 Å². The summed E-state index contributed by atoms with van der Waals surface area (Å²) in [5.41, 5.74) is 5.36. The number of fused-ring (bicyclic) bond motifs is 1. The first-order chi connectivity index (χ1) is 12.9. The van der Waals surface area contributed by atoms with Gasteiger partial charge < -0.3 is 0 Å². The molecule has 0 aliphatic heterocycles. The fourth-order valence-electron chi connectivity index (χ4n) is 3.01. The number of hydrogen-bond acceptors (Lipinski definition) is 6. The van der Waals surface area contributed by atoms with E-state index in [2.05, 4.69) is 25.5 Å². The van der Waals surface area contributed by atoms with E-state index in [-0.39, 0.29) is 0 Å². The monoisotopic (exact) mass is 382 g/mol. The van der Waals surface area contributed by atoms with Gasteiger partial charge in [-0.25, -0.2) is 13.4 Å². The van der Waals surface area contributed by atoms with Crippen molar-refractivity contribution in [2.75, 3.05) is 6.26 Å². The minimum atomic E-state index is -3.18. The highest BCUT2D eigenvalue weighted by molar-refractivity contribution is 7.90. The summed E-state index contributed by atoms with van der Waals surface area (Å²) >= 11 is 0. The molecule has 138 valence electrons. The van der Waals surface area contributed by atoms with Gasteiger partial charge in [-0.15, -0.1) is 5.10 Å². The Balaban J connectivity index is 1.52. The van der Waals surface area contributed by atoms with Crippen molar-refractivity contribution >= 4 is 21.0 Å². The second-order valence-electron chi connectivity index (χ2n) is 6.56. The van der Waals surface area contributed by atoms with Gasteiger partial charge in [-0.1, -0.05) is 12.1 Å². The second-order valence-corrected chi connectivity index (χ2v) is 8.57. The number of benzene rings is 1. The third-order valence-corrected chi connectivity index (χ3v) is 5.40. The summed E-state index contributed by atoms with van der Waals surface area (Å²) in [5, 5.41) is 15.3. The van der Waals surface area contributed by atoms with E-state index >= 15 is 0 Å². The number of H-pyrrole nitrogens is 1. The molecule has 8 nitrogen and oxygen atoms in total. The first-order valence-electron chi connectivity index (χ1n) is 8.36. The van der Waals surface area contributed by atoms with Crippen molar-refractivity contribution in [3.8, 4) is 0 Å². The summed E-state index contributed by atoms with van der Waals surface area (Å²) in [6, 6.07) is 8.87. The molecule has 3 heterocycles. The van der Waals surface area contributed by atoms with E-state index in [4.69, 9.17) is 0 Å². The lowest BCUT2D eigenvalue weighted by molar-refractivity contribution is 0.602. The normalized spacial score (nSPS) is 11.9. The van der Waals surface area contributed by atoms with Crippen LogP contribution in [0.5, 0.6) is 0 Å². The van der Waals surface area contributed by atoms with Crippen LogP contribution in [0.2, 0.25) is 0 Å². The predicted molar refractivity (Wildman–Crippen MR) is 100 cm³/mol. The van der Waals surface area contributed by atoms with Crippen LogP contribution in [0.25, 0.3) is 11.2 Å². The van der Waals surface area contributed by atoms with Crippen LogP contribution in [0.3, 0.4) is 0 Å². The Morgan fingerprint density at radius 3 is 2.63 bits per heavy atom. The molecule has 4 aromatic rings. The number of aryl methyl sites for hydroxylation is 1. The van der Waals surface area contributed by atoms with Gasteiger partial charge in [0, 0.05) is 24.6 Å². The number of nitrogens with one attached hydrogen (secondary N) is 1. The molecular weight excluding hydrogens is 364 g/mol. The van der Waals surface area contributed by atoms with E-state index < -0.39 is 9.84 Å². The van der Waals surface area contributed by atoms with Crippen molar-refractivity contribution in [3.63, 3.8) is 0 Å². The van der Waals surface area contributed by atoms with Gasteiger partial charge in [0.25, 0.3) is 0 Å². The summed E-state index contributed by atoms with van der Waals surface area (Å²) in [6.45, 7) is 2.50. The minimum absolute atomic E-state index is 0.317. The van der Waals surface area contributed by atoms with Gasteiger partial charge in [-0.2, -0.15) is 15.4 Å². The number of rotatable bonds is 5. The lowest BCUT2D eigenvalue weighted by Crippen LogP contribution is -2.01. The summed E-state index contributed by atoms with van der Waals surface area (Å²) < 4.78 is 24.9. The lowest BCUT2D eigenvalue weighted by atomic mass is 10.1. The fourth-order valence-corrected chi connectivity index (χ4v) is 3.64.